The molecule has 1 amide bonds. The van der Waals surface area contributed by atoms with Gasteiger partial charge in [-0.05, 0) is 55.4 Å². The smallest absolute Gasteiger partial charge is 0.243 e. The Balaban J connectivity index is 1.50. The lowest BCUT2D eigenvalue weighted by Crippen LogP contribution is -2.57. The first-order valence-electron chi connectivity index (χ1n) is 9.63. The molecule has 2 aromatic rings. The molecular formula is C22H27N3O. The highest BCUT2D eigenvalue weighted by Crippen LogP contribution is 2.37. The number of likely N-dealkylation sites (tertiary alicyclic amines) is 1. The molecule has 4 rings (SSSR count). The number of aryl methyl sites for hydroxylation is 1. The summed E-state index contributed by atoms with van der Waals surface area (Å²) in [5, 5.41) is 3.44. The second-order valence-electron chi connectivity index (χ2n) is 7.58. The van der Waals surface area contributed by atoms with Crippen molar-refractivity contribution in [2.45, 2.75) is 43.7 Å². The van der Waals surface area contributed by atoms with Crippen molar-refractivity contribution in [3.8, 4) is 0 Å². The molecule has 1 fully saturated rings. The van der Waals surface area contributed by atoms with Crippen LogP contribution in [-0.2, 0) is 11.2 Å². The van der Waals surface area contributed by atoms with Crippen LogP contribution in [-0.4, -0.2) is 29.4 Å². The number of nitrogens with zero attached hydrogens (tertiary/aromatic N) is 1. The highest BCUT2D eigenvalue weighted by molar-refractivity contribution is 5.88. The van der Waals surface area contributed by atoms with Gasteiger partial charge in [0, 0.05) is 24.8 Å². The molecule has 1 saturated heterocycles. The monoisotopic (exact) mass is 349 g/mol. The molecule has 2 aliphatic rings. The summed E-state index contributed by atoms with van der Waals surface area (Å²) in [5.41, 5.74) is 9.10. The highest BCUT2D eigenvalue weighted by Gasteiger charge is 2.41. The number of fused-ring (bicyclic) bond motifs is 1. The van der Waals surface area contributed by atoms with Crippen LogP contribution >= 0.6 is 0 Å². The van der Waals surface area contributed by atoms with Crippen LogP contribution in [0, 0.1) is 0 Å². The maximum Gasteiger partial charge on any atom is 0.243 e. The van der Waals surface area contributed by atoms with Gasteiger partial charge in [0.2, 0.25) is 5.91 Å². The summed E-state index contributed by atoms with van der Waals surface area (Å²) >= 11 is 0. The van der Waals surface area contributed by atoms with E-state index in [1.54, 1.807) is 0 Å². The number of hydrogen-bond acceptors (Lipinski definition) is 3. The van der Waals surface area contributed by atoms with Crippen LogP contribution < -0.4 is 11.1 Å². The molecule has 4 heteroatoms. The molecular weight excluding hydrogens is 322 g/mol. The third kappa shape index (κ3) is 3.21. The van der Waals surface area contributed by atoms with Gasteiger partial charge in [-0.3, -0.25) is 9.69 Å². The number of para-hydroxylation sites is 1. The zero-order chi connectivity index (χ0) is 18.0. The number of benzene rings is 2. The maximum absolute atomic E-state index is 12.3. The minimum Gasteiger partial charge on any atom is -0.371 e. The number of carbonyl (C=O) groups excluding carboxylic acids is 1. The first-order chi connectivity index (χ1) is 12.7. The summed E-state index contributed by atoms with van der Waals surface area (Å²) in [6.45, 7) is 1.78. The van der Waals surface area contributed by atoms with Gasteiger partial charge in [0.1, 0.15) is 5.54 Å². The Hall–Kier alpha value is -2.33. The van der Waals surface area contributed by atoms with Crippen LogP contribution in [0.1, 0.15) is 42.9 Å². The van der Waals surface area contributed by atoms with E-state index >= 15 is 0 Å². The van der Waals surface area contributed by atoms with Crippen molar-refractivity contribution in [3.63, 3.8) is 0 Å². The SMILES string of the molecule is NC(=O)C1(Nc2ccccc2)CCN([C@@H]2CCCc3ccccc32)CC1. The molecule has 136 valence electrons. The number of nitrogens with one attached hydrogen (secondary N) is 1. The highest BCUT2D eigenvalue weighted by atomic mass is 16.1. The predicted octanol–water partition coefficient (Wildman–Crippen LogP) is 3.50. The topological polar surface area (TPSA) is 58.4 Å². The Morgan fingerprint density at radius 3 is 2.46 bits per heavy atom. The van der Waals surface area contributed by atoms with Gasteiger partial charge < -0.3 is 11.1 Å². The molecule has 1 atom stereocenters. The average Bonchev–Trinajstić information content (AvgIpc) is 2.69. The Morgan fingerprint density at radius 2 is 1.73 bits per heavy atom. The molecule has 0 aromatic heterocycles. The van der Waals surface area contributed by atoms with Crippen LogP contribution in [0.5, 0.6) is 0 Å². The molecule has 0 saturated carbocycles. The third-order valence-corrected chi connectivity index (χ3v) is 6.06. The van der Waals surface area contributed by atoms with E-state index in [-0.39, 0.29) is 5.91 Å². The van der Waals surface area contributed by atoms with Gasteiger partial charge in [-0.25, -0.2) is 0 Å². The van der Waals surface area contributed by atoms with Crippen LogP contribution in [0.4, 0.5) is 5.69 Å². The fourth-order valence-corrected chi connectivity index (χ4v) is 4.56. The summed E-state index contributed by atoms with van der Waals surface area (Å²) in [7, 11) is 0. The number of piperidine rings is 1. The molecule has 0 radical (unpaired) electrons. The van der Waals surface area contributed by atoms with E-state index in [0.717, 1.165) is 31.6 Å². The van der Waals surface area contributed by atoms with Crippen LogP contribution in [0.15, 0.2) is 54.6 Å². The molecule has 0 spiro atoms. The van der Waals surface area contributed by atoms with Crippen molar-refractivity contribution in [2.75, 3.05) is 18.4 Å². The van der Waals surface area contributed by atoms with Crippen molar-refractivity contribution in [1.82, 2.24) is 4.90 Å². The van der Waals surface area contributed by atoms with E-state index in [1.165, 1.54) is 30.4 Å². The number of rotatable bonds is 4. The molecule has 4 nitrogen and oxygen atoms in total. The molecule has 1 heterocycles. The maximum atomic E-state index is 12.3. The number of hydrogen-bond donors (Lipinski definition) is 2. The summed E-state index contributed by atoms with van der Waals surface area (Å²) in [5.74, 6) is -0.245. The second-order valence-corrected chi connectivity index (χ2v) is 7.58. The van der Waals surface area contributed by atoms with E-state index in [0.29, 0.717) is 6.04 Å². The minimum absolute atomic E-state index is 0.245. The Bertz CT molecular complexity index is 766. The first kappa shape index (κ1) is 17.1. The number of nitrogens with two attached hydrogens (primary N) is 1. The first-order valence-corrected chi connectivity index (χ1v) is 9.63. The van der Waals surface area contributed by atoms with Gasteiger partial charge in [-0.15, -0.1) is 0 Å². The van der Waals surface area contributed by atoms with Gasteiger partial charge in [0.15, 0.2) is 0 Å². The molecule has 26 heavy (non-hydrogen) atoms. The Morgan fingerprint density at radius 1 is 1.04 bits per heavy atom. The van der Waals surface area contributed by atoms with Gasteiger partial charge in [0.05, 0.1) is 0 Å². The van der Waals surface area contributed by atoms with Crippen LogP contribution in [0.2, 0.25) is 0 Å². The predicted molar refractivity (Wildman–Crippen MR) is 105 cm³/mol. The quantitative estimate of drug-likeness (QED) is 0.888. The van der Waals surface area contributed by atoms with Crippen LogP contribution in [0.3, 0.4) is 0 Å². The van der Waals surface area contributed by atoms with Crippen molar-refractivity contribution in [3.05, 3.63) is 65.7 Å². The van der Waals surface area contributed by atoms with E-state index in [2.05, 4.69) is 34.5 Å². The lowest BCUT2D eigenvalue weighted by Gasteiger charge is -2.45. The normalized spacial score (nSPS) is 22.4. The molecule has 3 N–H and O–H groups in total. The minimum atomic E-state index is -0.647. The van der Waals surface area contributed by atoms with Crippen molar-refractivity contribution in [1.29, 1.82) is 0 Å². The summed E-state index contributed by atoms with van der Waals surface area (Å²) in [4.78, 5) is 14.9. The van der Waals surface area contributed by atoms with Gasteiger partial charge in [-0.1, -0.05) is 42.5 Å². The molecule has 0 bridgehead atoms. The Labute approximate surface area is 155 Å². The largest absolute Gasteiger partial charge is 0.371 e. The number of primary amides is 1. The lowest BCUT2D eigenvalue weighted by molar-refractivity contribution is -0.124. The van der Waals surface area contributed by atoms with Crippen molar-refractivity contribution in [2.24, 2.45) is 5.73 Å². The fraction of sp³-hybridized carbons (Fsp3) is 0.409. The Kier molecular flexibility index (Phi) is 4.68. The van der Waals surface area contributed by atoms with Crippen LogP contribution in [0.25, 0.3) is 0 Å². The van der Waals surface area contributed by atoms with Crippen molar-refractivity contribution >= 4 is 11.6 Å². The number of anilines is 1. The second kappa shape index (κ2) is 7.12. The van der Waals surface area contributed by atoms with Gasteiger partial charge in [-0.2, -0.15) is 0 Å². The van der Waals surface area contributed by atoms with Gasteiger partial charge in [0.25, 0.3) is 0 Å². The number of amides is 1. The van der Waals surface area contributed by atoms with E-state index in [1.807, 2.05) is 30.3 Å². The molecule has 1 aliphatic heterocycles. The van der Waals surface area contributed by atoms with E-state index in [9.17, 15) is 4.79 Å². The summed E-state index contributed by atoms with van der Waals surface area (Å²) < 4.78 is 0. The molecule has 2 aromatic carbocycles. The van der Waals surface area contributed by atoms with Crippen molar-refractivity contribution < 1.29 is 4.79 Å². The average molecular weight is 349 g/mol. The standard InChI is InChI=1S/C22H27N3O/c23-21(26)22(24-18-9-2-1-3-10-18)13-15-25(16-14-22)20-12-6-8-17-7-4-5-11-19(17)20/h1-5,7,9-11,20,24H,6,8,12-16H2,(H2,23,26)/t20-/m1/s1. The van der Waals surface area contributed by atoms with Gasteiger partial charge >= 0.3 is 0 Å². The summed E-state index contributed by atoms with van der Waals surface area (Å²) in [6, 6.07) is 19.2. The number of carbonyl (C=O) groups is 1. The van der Waals surface area contributed by atoms with E-state index < -0.39 is 5.54 Å². The zero-order valence-corrected chi connectivity index (χ0v) is 15.2. The lowest BCUT2D eigenvalue weighted by atomic mass is 9.82. The third-order valence-electron chi connectivity index (χ3n) is 6.06. The van der Waals surface area contributed by atoms with E-state index in [4.69, 9.17) is 5.73 Å². The zero-order valence-electron chi connectivity index (χ0n) is 15.2. The summed E-state index contributed by atoms with van der Waals surface area (Å²) in [6.07, 6.45) is 5.11. The molecule has 1 aliphatic carbocycles. The molecule has 0 unspecified atom stereocenters. The fourth-order valence-electron chi connectivity index (χ4n) is 4.56.